The summed E-state index contributed by atoms with van der Waals surface area (Å²) >= 11 is 3.05. The van der Waals surface area contributed by atoms with Gasteiger partial charge in [0.15, 0.2) is 0 Å². The molecule has 1 aliphatic heterocycles. The minimum Gasteiger partial charge on any atom is -0.349 e. The number of carbonyl (C=O) groups excluding carboxylic acids is 2. The van der Waals surface area contributed by atoms with E-state index >= 15 is 0 Å². The Kier molecular flexibility index (Phi) is 5.86. The highest BCUT2D eigenvalue weighted by Gasteiger charge is 2.33. The maximum absolute atomic E-state index is 13.4. The molecule has 7 nitrogen and oxygen atoms in total. The number of hydrogen-bond acceptors (Lipinski definition) is 6. The van der Waals surface area contributed by atoms with Gasteiger partial charge in [-0.2, -0.15) is 0 Å². The number of halogens is 1. The molecule has 1 N–H and O–H groups in total. The van der Waals surface area contributed by atoms with Gasteiger partial charge in [0.1, 0.15) is 22.9 Å². The van der Waals surface area contributed by atoms with Crippen LogP contribution in [-0.2, 0) is 0 Å². The van der Waals surface area contributed by atoms with Crippen molar-refractivity contribution in [3.63, 3.8) is 0 Å². The second-order valence-electron chi connectivity index (χ2n) is 7.63. The molecule has 33 heavy (non-hydrogen) atoms. The van der Waals surface area contributed by atoms with Crippen LogP contribution in [0.25, 0.3) is 16.1 Å². The van der Waals surface area contributed by atoms with Gasteiger partial charge in [-0.1, -0.05) is 18.2 Å². The standard InChI is InChI=1S/C23H20FN5O2S2/c1-14-27-20(21(33-14)15-5-7-16(24)8-6-15)23(31)29-13-32-12-17(29)10-26-22(30)18-11-25-19-4-2-3-9-28(18)19/h2-9,11,17H,10,12-13H2,1H3,(H,26,30)/t17-/m1/s1. The second-order valence-corrected chi connectivity index (χ2v) is 9.83. The average Bonchev–Trinajstić information content (AvgIpc) is 3.55. The number of amides is 2. The Labute approximate surface area is 197 Å². The van der Waals surface area contributed by atoms with Gasteiger partial charge in [-0.3, -0.25) is 14.0 Å². The van der Waals surface area contributed by atoms with E-state index in [2.05, 4.69) is 15.3 Å². The number of fused-ring (bicyclic) bond motifs is 1. The molecule has 2 amide bonds. The lowest BCUT2D eigenvalue weighted by Gasteiger charge is -2.23. The molecule has 0 bridgehead atoms. The molecule has 0 radical (unpaired) electrons. The van der Waals surface area contributed by atoms with Crippen molar-refractivity contribution in [1.29, 1.82) is 0 Å². The number of benzene rings is 1. The summed E-state index contributed by atoms with van der Waals surface area (Å²) in [6, 6.07) is 11.5. The molecule has 168 valence electrons. The fourth-order valence-corrected chi connectivity index (χ4v) is 5.90. The van der Waals surface area contributed by atoms with Crippen LogP contribution >= 0.6 is 23.1 Å². The SMILES string of the molecule is Cc1nc(C(=O)N2CSC[C@H]2CNC(=O)c2cnc3ccccn23)c(-c2ccc(F)cc2)s1. The van der Waals surface area contributed by atoms with Crippen LogP contribution in [0.15, 0.2) is 54.9 Å². The summed E-state index contributed by atoms with van der Waals surface area (Å²) in [5.74, 6) is 0.487. The van der Waals surface area contributed by atoms with Crippen LogP contribution in [0.3, 0.4) is 0 Å². The Morgan fingerprint density at radius 1 is 1.21 bits per heavy atom. The minimum absolute atomic E-state index is 0.159. The van der Waals surface area contributed by atoms with Crippen molar-refractivity contribution >= 4 is 40.6 Å². The van der Waals surface area contributed by atoms with Gasteiger partial charge in [-0.05, 0) is 36.8 Å². The van der Waals surface area contributed by atoms with Crippen LogP contribution in [0.4, 0.5) is 4.39 Å². The number of pyridine rings is 1. The number of nitrogens with one attached hydrogen (secondary N) is 1. The summed E-state index contributed by atoms with van der Waals surface area (Å²) in [5, 5.41) is 3.71. The molecular formula is C23H20FN5O2S2. The topological polar surface area (TPSA) is 79.6 Å². The lowest BCUT2D eigenvalue weighted by molar-refractivity contribution is 0.0731. The zero-order valence-electron chi connectivity index (χ0n) is 17.7. The predicted octanol–water partition coefficient (Wildman–Crippen LogP) is 3.85. The van der Waals surface area contributed by atoms with Gasteiger partial charge in [-0.25, -0.2) is 14.4 Å². The molecule has 1 aliphatic rings. The molecule has 1 saturated heterocycles. The van der Waals surface area contributed by atoms with Crippen molar-refractivity contribution in [3.8, 4) is 10.4 Å². The molecule has 0 unspecified atom stereocenters. The van der Waals surface area contributed by atoms with Crippen LogP contribution in [-0.4, -0.2) is 55.3 Å². The van der Waals surface area contributed by atoms with E-state index < -0.39 is 0 Å². The quantitative estimate of drug-likeness (QED) is 0.468. The Bertz CT molecular complexity index is 1330. The highest BCUT2D eigenvalue weighted by molar-refractivity contribution is 7.99. The van der Waals surface area contributed by atoms with Gasteiger partial charge in [0.2, 0.25) is 0 Å². The predicted molar refractivity (Wildman–Crippen MR) is 127 cm³/mol. The number of hydrogen-bond donors (Lipinski definition) is 1. The fraction of sp³-hybridized carbons (Fsp3) is 0.217. The third kappa shape index (κ3) is 4.23. The largest absolute Gasteiger partial charge is 0.349 e. The van der Waals surface area contributed by atoms with Crippen molar-refractivity contribution in [2.75, 3.05) is 18.2 Å². The first kappa shape index (κ1) is 21.6. The van der Waals surface area contributed by atoms with Crippen LogP contribution in [0.5, 0.6) is 0 Å². The number of thiazole rings is 1. The van der Waals surface area contributed by atoms with Crippen LogP contribution in [0, 0.1) is 12.7 Å². The molecule has 5 rings (SSSR count). The summed E-state index contributed by atoms with van der Waals surface area (Å²) in [6.07, 6.45) is 3.34. The molecule has 4 heterocycles. The van der Waals surface area contributed by atoms with E-state index in [9.17, 15) is 14.0 Å². The number of rotatable bonds is 5. The highest BCUT2D eigenvalue weighted by atomic mass is 32.2. The first-order valence-electron chi connectivity index (χ1n) is 10.3. The van der Waals surface area contributed by atoms with E-state index in [4.69, 9.17) is 0 Å². The Balaban J connectivity index is 1.32. The molecule has 0 spiro atoms. The van der Waals surface area contributed by atoms with E-state index in [1.807, 2.05) is 25.1 Å². The number of thioether (sulfide) groups is 1. The Morgan fingerprint density at radius 2 is 2.03 bits per heavy atom. The zero-order valence-corrected chi connectivity index (χ0v) is 19.3. The van der Waals surface area contributed by atoms with Crippen LogP contribution in [0.2, 0.25) is 0 Å². The molecule has 1 aromatic carbocycles. The molecule has 3 aromatic heterocycles. The molecule has 0 aliphatic carbocycles. The van der Waals surface area contributed by atoms with Crippen LogP contribution < -0.4 is 5.32 Å². The average molecular weight is 482 g/mol. The van der Waals surface area contributed by atoms with Crippen molar-refractivity contribution < 1.29 is 14.0 Å². The van der Waals surface area contributed by atoms with Gasteiger partial charge < -0.3 is 10.2 Å². The second kappa shape index (κ2) is 8.95. The van der Waals surface area contributed by atoms with Gasteiger partial charge in [-0.15, -0.1) is 23.1 Å². The fourth-order valence-electron chi connectivity index (χ4n) is 3.78. The van der Waals surface area contributed by atoms with Gasteiger partial charge in [0.05, 0.1) is 28.0 Å². The van der Waals surface area contributed by atoms with Gasteiger partial charge >= 0.3 is 0 Å². The minimum atomic E-state index is -0.328. The van der Waals surface area contributed by atoms with Gasteiger partial charge in [0.25, 0.3) is 11.8 Å². The molecule has 0 saturated carbocycles. The van der Waals surface area contributed by atoms with Crippen molar-refractivity contribution in [1.82, 2.24) is 24.6 Å². The van der Waals surface area contributed by atoms with Crippen LogP contribution in [0.1, 0.15) is 26.0 Å². The van der Waals surface area contributed by atoms with E-state index in [0.717, 1.165) is 15.4 Å². The van der Waals surface area contributed by atoms with E-state index in [0.29, 0.717) is 35.2 Å². The van der Waals surface area contributed by atoms with Crippen molar-refractivity contribution in [2.45, 2.75) is 13.0 Å². The smallest absolute Gasteiger partial charge is 0.275 e. The third-order valence-electron chi connectivity index (χ3n) is 5.43. The molecular weight excluding hydrogens is 461 g/mol. The zero-order chi connectivity index (χ0) is 22.9. The third-order valence-corrected chi connectivity index (χ3v) is 7.53. The molecule has 10 heteroatoms. The number of aryl methyl sites for hydroxylation is 1. The molecule has 1 atom stereocenters. The Hall–Kier alpha value is -3.24. The number of aromatic nitrogens is 3. The molecule has 4 aromatic rings. The summed E-state index contributed by atoms with van der Waals surface area (Å²) in [7, 11) is 0. The summed E-state index contributed by atoms with van der Waals surface area (Å²) in [4.78, 5) is 37.4. The van der Waals surface area contributed by atoms with E-state index in [-0.39, 0.29) is 23.7 Å². The first-order chi connectivity index (χ1) is 16.0. The molecule has 1 fully saturated rings. The number of nitrogens with zero attached hydrogens (tertiary/aromatic N) is 4. The lowest BCUT2D eigenvalue weighted by atomic mass is 10.1. The summed E-state index contributed by atoms with van der Waals surface area (Å²) in [5.41, 5.74) is 2.27. The monoisotopic (exact) mass is 481 g/mol. The van der Waals surface area contributed by atoms with E-state index in [1.165, 1.54) is 23.5 Å². The number of imidazole rings is 1. The number of carbonyl (C=O) groups is 2. The maximum Gasteiger partial charge on any atom is 0.275 e. The Morgan fingerprint density at radius 3 is 2.85 bits per heavy atom. The first-order valence-corrected chi connectivity index (χ1v) is 12.3. The normalized spacial score (nSPS) is 15.8. The van der Waals surface area contributed by atoms with E-state index in [1.54, 1.807) is 45.6 Å². The van der Waals surface area contributed by atoms with Crippen molar-refractivity contribution in [3.05, 3.63) is 77.1 Å². The van der Waals surface area contributed by atoms with Gasteiger partial charge in [0, 0.05) is 18.5 Å². The van der Waals surface area contributed by atoms with Crippen molar-refractivity contribution in [2.24, 2.45) is 0 Å². The summed E-state index contributed by atoms with van der Waals surface area (Å²) in [6.45, 7) is 2.17. The highest BCUT2D eigenvalue weighted by Crippen LogP contribution is 2.33. The maximum atomic E-state index is 13.4. The summed E-state index contributed by atoms with van der Waals surface area (Å²) < 4.78 is 15.1. The lowest BCUT2D eigenvalue weighted by Crippen LogP contribution is -2.44.